The van der Waals surface area contributed by atoms with Crippen molar-refractivity contribution in [2.45, 2.75) is 98.3 Å². The molecule has 34 heavy (non-hydrogen) atoms. The van der Waals surface area contributed by atoms with Gasteiger partial charge in [-0.3, -0.25) is 4.79 Å². The summed E-state index contributed by atoms with van der Waals surface area (Å²) in [7, 11) is 0. The van der Waals surface area contributed by atoms with E-state index in [1.807, 2.05) is 0 Å². The predicted octanol–water partition coefficient (Wildman–Crippen LogP) is 8.69. The second-order valence-corrected chi connectivity index (χ2v) is 11.1. The van der Waals surface area contributed by atoms with Crippen LogP contribution >= 0.6 is 0 Å². The van der Waals surface area contributed by atoms with Gasteiger partial charge in [0.05, 0.1) is 0 Å². The van der Waals surface area contributed by atoms with Gasteiger partial charge in [-0.25, -0.2) is 0 Å². The van der Waals surface area contributed by atoms with Gasteiger partial charge in [-0.15, -0.1) is 0 Å². The molecule has 0 aliphatic heterocycles. The van der Waals surface area contributed by atoms with E-state index in [4.69, 9.17) is 0 Å². The average molecular weight is 467 g/mol. The molecule has 0 aromatic heterocycles. The monoisotopic (exact) mass is 466 g/mol. The van der Waals surface area contributed by atoms with E-state index in [9.17, 15) is 9.59 Å². The summed E-state index contributed by atoms with van der Waals surface area (Å²) in [6.07, 6.45) is 30.8. The van der Waals surface area contributed by atoms with E-state index in [2.05, 4.69) is 56.9 Å². The Labute approximate surface area is 210 Å². The number of aldehydes is 2. The molecule has 2 heteroatoms. The van der Waals surface area contributed by atoms with Crippen LogP contribution in [0.1, 0.15) is 98.3 Å². The predicted molar refractivity (Wildman–Crippen MR) is 146 cm³/mol. The van der Waals surface area contributed by atoms with Crippen LogP contribution in [0.25, 0.3) is 0 Å². The molecule has 0 aromatic rings. The molecule has 0 N–H and O–H groups in total. The van der Waals surface area contributed by atoms with Crippen molar-refractivity contribution in [1.29, 1.82) is 0 Å². The van der Waals surface area contributed by atoms with Crippen molar-refractivity contribution in [2.24, 2.45) is 40.9 Å². The third kappa shape index (κ3) is 6.92. The van der Waals surface area contributed by atoms with Crippen molar-refractivity contribution in [2.75, 3.05) is 0 Å². The van der Waals surface area contributed by atoms with E-state index in [0.29, 0.717) is 11.8 Å². The minimum atomic E-state index is 0. The van der Waals surface area contributed by atoms with Crippen LogP contribution in [0.5, 0.6) is 0 Å². The van der Waals surface area contributed by atoms with Crippen LogP contribution < -0.4 is 0 Å². The van der Waals surface area contributed by atoms with E-state index in [1.165, 1.54) is 57.7 Å². The van der Waals surface area contributed by atoms with Crippen LogP contribution in [0, 0.1) is 40.9 Å². The first kappa shape index (κ1) is 28.5. The van der Waals surface area contributed by atoms with Crippen molar-refractivity contribution in [3.8, 4) is 0 Å². The molecule has 5 aliphatic rings. The third-order valence-corrected chi connectivity index (χ3v) is 8.76. The summed E-state index contributed by atoms with van der Waals surface area (Å²) >= 11 is 0. The Bertz CT molecular complexity index is 744. The molecule has 4 bridgehead atoms. The highest BCUT2D eigenvalue weighted by atomic mass is 16.1. The lowest BCUT2D eigenvalue weighted by Gasteiger charge is -2.29. The van der Waals surface area contributed by atoms with E-state index in [-0.39, 0.29) is 12.8 Å². The van der Waals surface area contributed by atoms with Crippen molar-refractivity contribution in [1.82, 2.24) is 0 Å². The standard InChI is InChI=1S/C13H20O.C10H12.C8H14O.CH4/c1-2-3-4-7-13(10-14)9-11-5-6-12(13)8-11;1-2-9-7-4-5-8(6-7)10(9)3-1;1-3-4-5-6-8(2)7-9;/h5-6,10-12H,2-4,7-9H2,1H3;1-2,4-5,7-10H,3,6H2;7H,2-6H2,1H3;1H4. The Morgan fingerprint density at radius 2 is 1.68 bits per heavy atom. The van der Waals surface area contributed by atoms with Gasteiger partial charge >= 0.3 is 0 Å². The topological polar surface area (TPSA) is 34.1 Å². The minimum Gasteiger partial charge on any atom is -0.303 e. The first-order valence-corrected chi connectivity index (χ1v) is 13.7. The highest BCUT2D eigenvalue weighted by Crippen LogP contribution is 2.54. The van der Waals surface area contributed by atoms with Crippen LogP contribution in [-0.4, -0.2) is 12.6 Å². The number of rotatable bonds is 10. The average Bonchev–Trinajstić information content (AvgIpc) is 3.65. The number of carbonyl (C=O) groups is 2. The second kappa shape index (κ2) is 14.0. The summed E-state index contributed by atoms with van der Waals surface area (Å²) < 4.78 is 0. The molecule has 0 saturated heterocycles. The lowest BCUT2D eigenvalue weighted by Crippen LogP contribution is -2.27. The van der Waals surface area contributed by atoms with Gasteiger partial charge in [0.15, 0.2) is 0 Å². The first-order chi connectivity index (χ1) is 16.1. The van der Waals surface area contributed by atoms with Gasteiger partial charge in [0.1, 0.15) is 12.6 Å². The van der Waals surface area contributed by atoms with E-state index >= 15 is 0 Å². The zero-order chi connectivity index (χ0) is 23.7. The molecule has 190 valence electrons. The Kier molecular flexibility index (Phi) is 11.8. The fraction of sp³-hybridized carbons (Fsp3) is 0.688. The molecule has 5 rings (SSSR count). The van der Waals surface area contributed by atoms with E-state index in [0.717, 1.165) is 61.2 Å². The maximum Gasteiger partial charge on any atom is 0.145 e. The van der Waals surface area contributed by atoms with Crippen LogP contribution in [0.15, 0.2) is 48.6 Å². The zero-order valence-corrected chi connectivity index (χ0v) is 21.1. The summed E-state index contributed by atoms with van der Waals surface area (Å²) in [6, 6.07) is 0. The van der Waals surface area contributed by atoms with Crippen LogP contribution in [0.3, 0.4) is 0 Å². The SMILES string of the molecule is C.C1=CC2C3C=CC(C3)C2C1.C=C(C=O)CCCCC.CCCCCC1(C=O)CC2C=CC1C2. The summed E-state index contributed by atoms with van der Waals surface area (Å²) in [4.78, 5) is 21.3. The van der Waals surface area contributed by atoms with Crippen molar-refractivity contribution < 1.29 is 9.59 Å². The first-order valence-electron chi connectivity index (χ1n) is 13.7. The molecule has 2 nitrogen and oxygen atoms in total. The highest BCUT2D eigenvalue weighted by Gasteiger charge is 2.47. The molecule has 0 heterocycles. The van der Waals surface area contributed by atoms with Crippen LogP contribution in [0.2, 0.25) is 0 Å². The minimum absolute atomic E-state index is 0. The number of hydrogen-bond acceptors (Lipinski definition) is 2. The molecule has 7 unspecified atom stereocenters. The van der Waals surface area contributed by atoms with E-state index in [1.54, 1.807) is 0 Å². The van der Waals surface area contributed by atoms with Gasteiger partial charge < -0.3 is 4.79 Å². The quantitative estimate of drug-likeness (QED) is 0.140. The summed E-state index contributed by atoms with van der Waals surface area (Å²) in [5, 5.41) is 0. The smallest absolute Gasteiger partial charge is 0.145 e. The fourth-order valence-electron chi connectivity index (χ4n) is 6.81. The molecule has 2 saturated carbocycles. The van der Waals surface area contributed by atoms with Gasteiger partial charge in [0.2, 0.25) is 0 Å². The molecule has 0 spiro atoms. The van der Waals surface area contributed by atoms with Crippen LogP contribution in [0.4, 0.5) is 0 Å². The zero-order valence-electron chi connectivity index (χ0n) is 21.1. The largest absolute Gasteiger partial charge is 0.303 e. The number of carbonyl (C=O) groups excluding carboxylic acids is 2. The number of fused-ring (bicyclic) bond motifs is 7. The second-order valence-electron chi connectivity index (χ2n) is 11.1. The summed E-state index contributed by atoms with van der Waals surface area (Å²) in [6.45, 7) is 7.94. The summed E-state index contributed by atoms with van der Waals surface area (Å²) in [5.74, 6) is 5.11. The molecule has 0 aromatic carbocycles. The van der Waals surface area contributed by atoms with Crippen LogP contribution in [-0.2, 0) is 9.59 Å². The molecule has 0 amide bonds. The molecular formula is C32H50O2. The maximum absolute atomic E-state index is 11.3. The Balaban J connectivity index is 0.000000183. The molecule has 5 aliphatic carbocycles. The number of allylic oxidation sites excluding steroid dienone is 7. The Hall–Kier alpha value is -1.70. The third-order valence-electron chi connectivity index (χ3n) is 8.76. The van der Waals surface area contributed by atoms with Gasteiger partial charge in [0, 0.05) is 5.41 Å². The van der Waals surface area contributed by atoms with Gasteiger partial charge in [-0.1, -0.05) is 96.4 Å². The normalized spacial score (nSPS) is 34.5. The van der Waals surface area contributed by atoms with Crippen molar-refractivity contribution in [3.63, 3.8) is 0 Å². The van der Waals surface area contributed by atoms with Crippen molar-refractivity contribution >= 4 is 12.6 Å². The Morgan fingerprint density at radius 1 is 0.941 bits per heavy atom. The lowest BCUT2D eigenvalue weighted by atomic mass is 9.73. The van der Waals surface area contributed by atoms with Gasteiger partial charge in [0.25, 0.3) is 0 Å². The van der Waals surface area contributed by atoms with E-state index < -0.39 is 0 Å². The number of hydrogen-bond donors (Lipinski definition) is 0. The Morgan fingerprint density at radius 3 is 2.26 bits per heavy atom. The lowest BCUT2D eigenvalue weighted by molar-refractivity contribution is -0.118. The fourth-order valence-corrected chi connectivity index (χ4v) is 6.81. The molecule has 0 radical (unpaired) electrons. The highest BCUT2D eigenvalue weighted by molar-refractivity contribution is 5.71. The van der Waals surface area contributed by atoms with Gasteiger partial charge in [-0.2, -0.15) is 0 Å². The summed E-state index contributed by atoms with van der Waals surface area (Å²) in [5.41, 5.74) is 0.762. The molecular weight excluding hydrogens is 416 g/mol. The molecule has 2 fully saturated rings. The van der Waals surface area contributed by atoms with Crippen molar-refractivity contribution in [3.05, 3.63) is 48.6 Å². The maximum atomic E-state index is 11.3. The van der Waals surface area contributed by atoms with Gasteiger partial charge in [-0.05, 0) is 86.0 Å². The number of unbranched alkanes of at least 4 members (excludes halogenated alkanes) is 4. The molecule has 7 atom stereocenters.